The van der Waals surface area contributed by atoms with E-state index in [0.717, 1.165) is 77.2 Å². The Morgan fingerprint density at radius 1 is 0.375 bits per heavy atom. The van der Waals surface area contributed by atoms with Crippen molar-refractivity contribution in [2.24, 2.45) is 0 Å². The van der Waals surface area contributed by atoms with Crippen molar-refractivity contribution in [3.63, 3.8) is 0 Å². The van der Waals surface area contributed by atoms with Gasteiger partial charge in [0.15, 0.2) is 0 Å². The van der Waals surface area contributed by atoms with Crippen LogP contribution in [0.4, 0.5) is 0 Å². The lowest BCUT2D eigenvalue weighted by Gasteiger charge is -2.19. The molecule has 10 aromatic rings. The van der Waals surface area contributed by atoms with Crippen LogP contribution in [-0.4, -0.2) is 9.13 Å². The summed E-state index contributed by atoms with van der Waals surface area (Å²) in [5.41, 5.74) is 15.8. The van der Waals surface area contributed by atoms with E-state index in [1.54, 1.807) is 6.07 Å². The molecule has 4 heteroatoms. The molecule has 0 saturated heterocycles. The van der Waals surface area contributed by atoms with Gasteiger partial charge in [0.2, 0.25) is 0 Å². The third-order valence-corrected chi connectivity index (χ3v) is 11.1. The van der Waals surface area contributed by atoms with E-state index >= 15 is 0 Å². The summed E-state index contributed by atoms with van der Waals surface area (Å²) in [5, 5.41) is 25.2. The Bertz CT molecular complexity index is 3310. The molecule has 0 atom stereocenters. The zero-order valence-electron chi connectivity index (χ0n) is 31.0. The number of hydrogen-bond acceptors (Lipinski definition) is 2. The van der Waals surface area contributed by atoms with Crippen LogP contribution in [0.3, 0.4) is 0 Å². The monoisotopic (exact) mass is 714 g/mol. The smallest absolute Gasteiger partial charge is 0.0998 e. The fourth-order valence-corrected chi connectivity index (χ4v) is 8.50. The third-order valence-electron chi connectivity index (χ3n) is 11.1. The van der Waals surface area contributed by atoms with Gasteiger partial charge in [-0.05, 0) is 102 Å². The van der Waals surface area contributed by atoms with Gasteiger partial charge in [-0.25, -0.2) is 0 Å². The lowest BCUT2D eigenvalue weighted by molar-refractivity contribution is 1.09. The number of aryl methyl sites for hydroxylation is 2. The van der Waals surface area contributed by atoms with E-state index in [-0.39, 0.29) is 0 Å². The number of para-hydroxylation sites is 2. The average molecular weight is 715 g/mol. The number of rotatable bonds is 5. The molecular formula is C52H34N4. The van der Waals surface area contributed by atoms with Gasteiger partial charge in [0.25, 0.3) is 0 Å². The first-order chi connectivity index (χ1) is 27.5. The largest absolute Gasteiger partial charge is 0.307 e. The van der Waals surface area contributed by atoms with Gasteiger partial charge < -0.3 is 9.13 Å². The summed E-state index contributed by atoms with van der Waals surface area (Å²) in [6.45, 7) is 4.25. The lowest BCUT2D eigenvalue weighted by atomic mass is 9.96. The van der Waals surface area contributed by atoms with Crippen molar-refractivity contribution in [3.05, 3.63) is 192 Å². The maximum Gasteiger partial charge on any atom is 0.0998 e. The topological polar surface area (TPSA) is 57.4 Å². The molecule has 262 valence electrons. The summed E-state index contributed by atoms with van der Waals surface area (Å²) in [5.74, 6) is 0. The standard InChI is InChI=1S/C52H34N4/c1-33-10-7-13-36(24-33)38-20-22-49-45(27-38)42-16-3-5-18-47(42)55(49)51-29-41(32-54)44(40-15-9-12-35(26-40)31-53)30-52(51)56-48-19-6-4-17-43(48)46-28-39(21-23-50(46)56)37-14-8-11-34(2)25-37/h3-30H,1-2H3. The van der Waals surface area contributed by atoms with Crippen molar-refractivity contribution < 1.29 is 0 Å². The zero-order chi connectivity index (χ0) is 37.9. The number of hydrogen-bond donors (Lipinski definition) is 0. The number of fused-ring (bicyclic) bond motifs is 6. The highest BCUT2D eigenvalue weighted by Crippen LogP contribution is 2.42. The van der Waals surface area contributed by atoms with Gasteiger partial charge in [0.1, 0.15) is 0 Å². The van der Waals surface area contributed by atoms with E-state index in [1.807, 2.05) is 24.3 Å². The molecule has 0 radical (unpaired) electrons. The Morgan fingerprint density at radius 3 is 1.39 bits per heavy atom. The molecule has 0 aliphatic carbocycles. The predicted octanol–water partition coefficient (Wildman–Crippen LogP) is 13.2. The molecule has 56 heavy (non-hydrogen) atoms. The van der Waals surface area contributed by atoms with E-state index in [4.69, 9.17) is 0 Å². The van der Waals surface area contributed by atoms with Crippen molar-refractivity contribution in [1.82, 2.24) is 9.13 Å². The van der Waals surface area contributed by atoms with Crippen LogP contribution >= 0.6 is 0 Å². The van der Waals surface area contributed by atoms with Crippen LogP contribution in [0.1, 0.15) is 22.3 Å². The highest BCUT2D eigenvalue weighted by molar-refractivity contribution is 6.13. The van der Waals surface area contributed by atoms with Gasteiger partial charge >= 0.3 is 0 Å². The minimum atomic E-state index is 0.531. The molecule has 0 amide bonds. The maximum absolute atomic E-state index is 10.8. The average Bonchev–Trinajstić information content (AvgIpc) is 3.75. The highest BCUT2D eigenvalue weighted by Gasteiger charge is 2.23. The van der Waals surface area contributed by atoms with Gasteiger partial charge in [0, 0.05) is 27.1 Å². The first-order valence-electron chi connectivity index (χ1n) is 18.8. The molecule has 8 aromatic carbocycles. The minimum Gasteiger partial charge on any atom is -0.307 e. The van der Waals surface area contributed by atoms with E-state index in [2.05, 4.69) is 175 Å². The van der Waals surface area contributed by atoms with Gasteiger partial charge in [-0.15, -0.1) is 0 Å². The fraction of sp³-hybridized carbons (Fsp3) is 0.0385. The van der Waals surface area contributed by atoms with Crippen LogP contribution in [0.2, 0.25) is 0 Å². The maximum atomic E-state index is 10.8. The van der Waals surface area contributed by atoms with Crippen molar-refractivity contribution in [2.45, 2.75) is 13.8 Å². The lowest BCUT2D eigenvalue weighted by Crippen LogP contribution is -2.05. The van der Waals surface area contributed by atoms with Crippen LogP contribution in [0.15, 0.2) is 170 Å². The second-order valence-corrected chi connectivity index (χ2v) is 14.6. The minimum absolute atomic E-state index is 0.531. The number of nitriles is 2. The Balaban J connectivity index is 1.32. The van der Waals surface area contributed by atoms with Crippen molar-refractivity contribution >= 4 is 43.6 Å². The molecule has 0 N–H and O–H groups in total. The zero-order valence-corrected chi connectivity index (χ0v) is 31.0. The molecule has 2 aromatic heterocycles. The second kappa shape index (κ2) is 13.0. The summed E-state index contributed by atoms with van der Waals surface area (Å²) < 4.78 is 4.67. The van der Waals surface area contributed by atoms with E-state index in [9.17, 15) is 10.5 Å². The first-order valence-corrected chi connectivity index (χ1v) is 18.8. The summed E-state index contributed by atoms with van der Waals surface area (Å²) in [6.07, 6.45) is 0. The summed E-state index contributed by atoms with van der Waals surface area (Å²) >= 11 is 0. The summed E-state index contributed by atoms with van der Waals surface area (Å²) in [4.78, 5) is 0. The van der Waals surface area contributed by atoms with Crippen LogP contribution in [0.5, 0.6) is 0 Å². The predicted molar refractivity (Wildman–Crippen MR) is 230 cm³/mol. The molecule has 4 nitrogen and oxygen atoms in total. The molecule has 0 aliphatic rings. The summed E-state index contributed by atoms with van der Waals surface area (Å²) in [6, 6.07) is 64.3. The summed E-state index contributed by atoms with van der Waals surface area (Å²) in [7, 11) is 0. The molecule has 10 rings (SSSR count). The number of aromatic nitrogens is 2. The Hall–Kier alpha value is -7.66. The Labute approximate surface area is 325 Å². The number of benzene rings is 8. The second-order valence-electron chi connectivity index (χ2n) is 14.6. The fourth-order valence-electron chi connectivity index (χ4n) is 8.50. The van der Waals surface area contributed by atoms with E-state index < -0.39 is 0 Å². The van der Waals surface area contributed by atoms with Crippen LogP contribution in [-0.2, 0) is 0 Å². The Morgan fingerprint density at radius 2 is 0.857 bits per heavy atom. The molecule has 0 bridgehead atoms. The van der Waals surface area contributed by atoms with Crippen LogP contribution < -0.4 is 0 Å². The van der Waals surface area contributed by atoms with Gasteiger partial charge in [-0.2, -0.15) is 10.5 Å². The molecule has 0 saturated carbocycles. The van der Waals surface area contributed by atoms with Gasteiger partial charge in [-0.3, -0.25) is 0 Å². The Kier molecular flexibility index (Phi) is 7.66. The molecule has 0 aliphatic heterocycles. The van der Waals surface area contributed by atoms with Crippen molar-refractivity contribution in [1.29, 1.82) is 10.5 Å². The van der Waals surface area contributed by atoms with Crippen molar-refractivity contribution in [3.8, 4) is 56.9 Å². The SMILES string of the molecule is Cc1cccc(-c2ccc3c(c2)c2ccccc2n3-c2cc(C#N)c(-c3cccc(C#N)c3)cc2-n2c3ccccc3c3cc(-c4cccc(C)c4)ccc32)c1. The molecule has 0 fully saturated rings. The third kappa shape index (κ3) is 5.28. The van der Waals surface area contributed by atoms with E-state index in [0.29, 0.717) is 11.1 Å². The molecule has 2 heterocycles. The van der Waals surface area contributed by atoms with Crippen LogP contribution in [0, 0.1) is 36.5 Å². The quantitative estimate of drug-likeness (QED) is 0.178. The highest BCUT2D eigenvalue weighted by atomic mass is 15.1. The van der Waals surface area contributed by atoms with E-state index in [1.165, 1.54) is 22.3 Å². The van der Waals surface area contributed by atoms with Gasteiger partial charge in [0.05, 0.1) is 56.7 Å². The molecular weight excluding hydrogens is 681 g/mol. The van der Waals surface area contributed by atoms with Crippen molar-refractivity contribution in [2.75, 3.05) is 0 Å². The van der Waals surface area contributed by atoms with Gasteiger partial charge in [-0.1, -0.05) is 120 Å². The first kappa shape index (κ1) is 32.9. The van der Waals surface area contributed by atoms with Crippen LogP contribution in [0.25, 0.3) is 88.4 Å². The number of nitrogens with zero attached hydrogens (tertiary/aromatic N) is 4. The molecule has 0 spiro atoms. The molecule has 0 unspecified atom stereocenters. The normalized spacial score (nSPS) is 11.4.